The fraction of sp³-hybridized carbons (Fsp3) is 0.600. The van der Waals surface area contributed by atoms with Crippen LogP contribution in [0.25, 0.3) is 0 Å². The van der Waals surface area contributed by atoms with Gasteiger partial charge in [0, 0.05) is 0 Å². The molecule has 12 heavy (non-hydrogen) atoms. The SMILES string of the molecule is NC(CC(=O)O)C(=O)C(F)(F)F. The Morgan fingerprint density at radius 3 is 2.08 bits per heavy atom. The number of Topliss-reactive ketones (excluding diaryl/α,β-unsaturated/α-hetero) is 1. The van der Waals surface area contributed by atoms with Gasteiger partial charge in [-0.2, -0.15) is 13.2 Å². The number of carboxylic acid groups (broad SMARTS) is 1. The molecule has 3 N–H and O–H groups in total. The van der Waals surface area contributed by atoms with Crippen LogP contribution in [0.15, 0.2) is 0 Å². The molecule has 0 aromatic heterocycles. The van der Waals surface area contributed by atoms with E-state index in [1.54, 1.807) is 0 Å². The topological polar surface area (TPSA) is 80.4 Å². The standard InChI is InChI=1S/C5H6F3NO3/c6-5(7,8)4(12)2(9)1-3(10)11/h2H,1,9H2,(H,10,11). The van der Waals surface area contributed by atoms with E-state index in [1.165, 1.54) is 0 Å². The lowest BCUT2D eigenvalue weighted by Gasteiger charge is -2.09. The normalized spacial score (nSPS) is 14.0. The first-order valence-corrected chi connectivity index (χ1v) is 2.83. The zero-order chi connectivity index (χ0) is 9.94. The summed E-state index contributed by atoms with van der Waals surface area (Å²) in [5.41, 5.74) is 4.65. The van der Waals surface area contributed by atoms with Crippen molar-refractivity contribution in [3.05, 3.63) is 0 Å². The van der Waals surface area contributed by atoms with Gasteiger partial charge in [-0.3, -0.25) is 9.59 Å². The van der Waals surface area contributed by atoms with Crippen molar-refractivity contribution in [3.8, 4) is 0 Å². The predicted molar refractivity (Wildman–Crippen MR) is 31.3 cm³/mol. The van der Waals surface area contributed by atoms with Crippen LogP contribution in [0.3, 0.4) is 0 Å². The monoisotopic (exact) mass is 185 g/mol. The number of carboxylic acids is 1. The Morgan fingerprint density at radius 2 is 1.83 bits per heavy atom. The van der Waals surface area contributed by atoms with E-state index in [2.05, 4.69) is 5.73 Å². The summed E-state index contributed by atoms with van der Waals surface area (Å²) in [5.74, 6) is -3.76. The average Bonchev–Trinajstić information content (AvgIpc) is 1.82. The van der Waals surface area contributed by atoms with Crippen molar-refractivity contribution in [2.75, 3.05) is 0 Å². The molecule has 0 aliphatic heterocycles. The summed E-state index contributed by atoms with van der Waals surface area (Å²) in [6, 6.07) is -2.01. The molecule has 0 radical (unpaired) electrons. The molecule has 1 unspecified atom stereocenters. The molecular formula is C5H6F3NO3. The third kappa shape index (κ3) is 3.33. The zero-order valence-corrected chi connectivity index (χ0v) is 5.76. The van der Waals surface area contributed by atoms with Crippen LogP contribution in [0, 0.1) is 0 Å². The predicted octanol–water partition coefficient (Wildman–Crippen LogP) is -0.0802. The zero-order valence-electron chi connectivity index (χ0n) is 5.76. The smallest absolute Gasteiger partial charge is 0.451 e. The van der Waals surface area contributed by atoms with Crippen molar-refractivity contribution in [2.45, 2.75) is 18.6 Å². The minimum absolute atomic E-state index is 1.02. The highest BCUT2D eigenvalue weighted by molar-refractivity contribution is 5.91. The molecular weight excluding hydrogens is 179 g/mol. The lowest BCUT2D eigenvalue weighted by atomic mass is 10.1. The van der Waals surface area contributed by atoms with E-state index < -0.39 is 30.4 Å². The number of nitrogens with two attached hydrogens (primary N) is 1. The Bertz CT molecular complexity index is 201. The van der Waals surface area contributed by atoms with Crippen LogP contribution in [0.5, 0.6) is 0 Å². The number of ketones is 1. The average molecular weight is 185 g/mol. The summed E-state index contributed by atoms with van der Waals surface area (Å²) in [7, 11) is 0. The molecule has 0 saturated carbocycles. The number of aliphatic carboxylic acids is 1. The summed E-state index contributed by atoms with van der Waals surface area (Å²) < 4.78 is 34.6. The maximum atomic E-state index is 11.5. The van der Waals surface area contributed by atoms with Crippen LogP contribution in [0.2, 0.25) is 0 Å². The number of carbonyl (C=O) groups is 2. The highest BCUT2D eigenvalue weighted by atomic mass is 19.4. The van der Waals surface area contributed by atoms with Crippen LogP contribution >= 0.6 is 0 Å². The second-order valence-electron chi connectivity index (χ2n) is 2.07. The second-order valence-corrected chi connectivity index (χ2v) is 2.07. The van der Waals surface area contributed by atoms with E-state index >= 15 is 0 Å². The van der Waals surface area contributed by atoms with E-state index in [0.29, 0.717) is 0 Å². The van der Waals surface area contributed by atoms with E-state index in [1.807, 2.05) is 0 Å². The van der Waals surface area contributed by atoms with Gasteiger partial charge >= 0.3 is 12.1 Å². The first-order valence-electron chi connectivity index (χ1n) is 2.83. The molecule has 1 atom stereocenters. The van der Waals surface area contributed by atoms with E-state index in [4.69, 9.17) is 5.11 Å². The lowest BCUT2D eigenvalue weighted by Crippen LogP contribution is -2.41. The molecule has 0 spiro atoms. The van der Waals surface area contributed by atoms with Crippen LogP contribution in [0.1, 0.15) is 6.42 Å². The first kappa shape index (κ1) is 10.9. The third-order valence-corrected chi connectivity index (χ3v) is 1.01. The van der Waals surface area contributed by atoms with Crippen LogP contribution < -0.4 is 5.73 Å². The van der Waals surface area contributed by atoms with Crippen molar-refractivity contribution < 1.29 is 27.9 Å². The van der Waals surface area contributed by atoms with Gasteiger partial charge in [0.2, 0.25) is 0 Å². The van der Waals surface area contributed by atoms with Crippen molar-refractivity contribution >= 4 is 11.8 Å². The molecule has 0 heterocycles. The molecule has 0 fully saturated rings. The molecule has 0 bridgehead atoms. The van der Waals surface area contributed by atoms with Gasteiger partial charge in [-0.25, -0.2) is 0 Å². The maximum absolute atomic E-state index is 11.5. The quantitative estimate of drug-likeness (QED) is 0.644. The number of rotatable bonds is 3. The number of hydrogen-bond acceptors (Lipinski definition) is 3. The number of carbonyl (C=O) groups excluding carboxylic acids is 1. The largest absolute Gasteiger partial charge is 0.481 e. The highest BCUT2D eigenvalue weighted by Gasteiger charge is 2.42. The van der Waals surface area contributed by atoms with Gasteiger partial charge in [-0.1, -0.05) is 0 Å². The molecule has 0 aliphatic carbocycles. The molecule has 0 saturated heterocycles. The van der Waals surface area contributed by atoms with Crippen LogP contribution in [-0.4, -0.2) is 29.1 Å². The second kappa shape index (κ2) is 3.53. The van der Waals surface area contributed by atoms with E-state index in [0.717, 1.165) is 0 Å². The van der Waals surface area contributed by atoms with Gasteiger partial charge in [0.25, 0.3) is 5.78 Å². The van der Waals surface area contributed by atoms with E-state index in [-0.39, 0.29) is 0 Å². The Balaban J connectivity index is 4.21. The molecule has 0 aromatic carbocycles. The van der Waals surface area contributed by atoms with Gasteiger partial charge < -0.3 is 10.8 Å². The summed E-state index contributed by atoms with van der Waals surface area (Å²) >= 11 is 0. The highest BCUT2D eigenvalue weighted by Crippen LogP contribution is 2.18. The minimum Gasteiger partial charge on any atom is -0.481 e. The van der Waals surface area contributed by atoms with Gasteiger partial charge in [0.15, 0.2) is 0 Å². The van der Waals surface area contributed by atoms with Crippen LogP contribution in [-0.2, 0) is 9.59 Å². The Hall–Kier alpha value is -1.11. The number of hydrogen-bond donors (Lipinski definition) is 2. The van der Waals surface area contributed by atoms with Gasteiger partial charge in [0.05, 0.1) is 12.5 Å². The third-order valence-electron chi connectivity index (χ3n) is 1.01. The van der Waals surface area contributed by atoms with Gasteiger partial charge in [0.1, 0.15) is 0 Å². The van der Waals surface area contributed by atoms with Crippen LogP contribution in [0.4, 0.5) is 13.2 Å². The Kier molecular flexibility index (Phi) is 3.20. The number of alkyl halides is 3. The fourth-order valence-corrected chi connectivity index (χ4v) is 0.491. The molecule has 7 heteroatoms. The van der Waals surface area contributed by atoms with Crippen molar-refractivity contribution in [2.24, 2.45) is 5.73 Å². The summed E-state index contributed by atoms with van der Waals surface area (Å²) in [6.45, 7) is 0. The molecule has 70 valence electrons. The summed E-state index contributed by atoms with van der Waals surface area (Å²) in [4.78, 5) is 20.0. The van der Waals surface area contributed by atoms with Crippen molar-refractivity contribution in [1.82, 2.24) is 0 Å². The summed E-state index contributed by atoms with van der Waals surface area (Å²) in [6.07, 6.45) is -6.08. The summed E-state index contributed by atoms with van der Waals surface area (Å²) in [5, 5.41) is 8.00. The lowest BCUT2D eigenvalue weighted by molar-refractivity contribution is -0.173. The van der Waals surface area contributed by atoms with Crippen molar-refractivity contribution in [1.29, 1.82) is 0 Å². The fourth-order valence-electron chi connectivity index (χ4n) is 0.491. The Morgan fingerprint density at radius 1 is 1.42 bits per heavy atom. The van der Waals surface area contributed by atoms with Crippen molar-refractivity contribution in [3.63, 3.8) is 0 Å². The molecule has 4 nitrogen and oxygen atoms in total. The maximum Gasteiger partial charge on any atom is 0.451 e. The van der Waals surface area contributed by atoms with E-state index in [9.17, 15) is 22.8 Å². The minimum atomic E-state index is -5.06. The molecule has 0 amide bonds. The van der Waals surface area contributed by atoms with Gasteiger partial charge in [-0.05, 0) is 0 Å². The van der Waals surface area contributed by atoms with Gasteiger partial charge in [-0.15, -0.1) is 0 Å². The first-order chi connectivity index (χ1) is 5.25. The molecule has 0 rings (SSSR count). The molecule has 0 aromatic rings. The molecule has 0 aliphatic rings. The number of halogens is 3. The Labute approximate surface area is 65.2 Å².